The van der Waals surface area contributed by atoms with Gasteiger partial charge in [-0.25, -0.2) is 0 Å². The maximum atomic E-state index is 12.9. The van der Waals surface area contributed by atoms with Crippen LogP contribution in [0.4, 0.5) is 0 Å². The predicted molar refractivity (Wildman–Crippen MR) is 344 cm³/mol. The summed E-state index contributed by atoms with van der Waals surface area (Å²) in [7, 11) is 0. The standard InChI is InChI=1S/C73H126O6/c1-4-7-10-13-16-19-22-25-28-30-31-32-33-34-35-36-37-38-39-40-41-43-45-48-51-54-57-60-63-66-72(75)78-69-70(68-77-71(74)65-62-59-56-53-50-47-44-27-24-21-18-15-12-9-6-3)79-73(76)67-64-61-58-55-52-49-46-42-29-26-23-20-17-14-11-8-5-2/h9,12,18,21-22,25-27,29-31,33-34,44,50,53,70H,4-8,10-11,13-17,19-20,23-24,28,32,35-43,45-49,51-52,54-69H2,1-3H3/b12-9-,21-18-,25-22-,29-26-,31-30-,34-33-,44-27-,53-50-. The molecule has 454 valence electrons. The summed E-state index contributed by atoms with van der Waals surface area (Å²) in [6.45, 7) is 6.50. The van der Waals surface area contributed by atoms with Crippen LogP contribution in [0.15, 0.2) is 97.2 Å². The Morgan fingerprint density at radius 2 is 0.494 bits per heavy atom. The van der Waals surface area contributed by atoms with E-state index < -0.39 is 6.10 Å². The normalized spacial score (nSPS) is 12.7. The van der Waals surface area contributed by atoms with E-state index in [1.165, 1.54) is 193 Å². The molecule has 0 aromatic carbocycles. The first-order chi connectivity index (χ1) is 39.0. The van der Waals surface area contributed by atoms with Crippen molar-refractivity contribution in [1.29, 1.82) is 0 Å². The molecule has 0 amide bonds. The molecular formula is C73H126O6. The highest BCUT2D eigenvalue weighted by molar-refractivity contribution is 5.71. The van der Waals surface area contributed by atoms with E-state index in [0.717, 1.165) is 96.3 Å². The Morgan fingerprint density at radius 3 is 0.810 bits per heavy atom. The zero-order valence-corrected chi connectivity index (χ0v) is 52.1. The zero-order chi connectivity index (χ0) is 57.1. The Balaban J connectivity index is 4.30. The smallest absolute Gasteiger partial charge is 0.306 e. The summed E-state index contributed by atoms with van der Waals surface area (Å²) in [5.41, 5.74) is 0. The Morgan fingerprint density at radius 1 is 0.266 bits per heavy atom. The second-order valence-electron chi connectivity index (χ2n) is 22.3. The van der Waals surface area contributed by atoms with Gasteiger partial charge in [-0.15, -0.1) is 0 Å². The van der Waals surface area contributed by atoms with E-state index in [1.807, 2.05) is 0 Å². The second kappa shape index (κ2) is 66.8. The molecule has 0 rings (SSSR count). The van der Waals surface area contributed by atoms with Gasteiger partial charge in [0.15, 0.2) is 6.10 Å². The fraction of sp³-hybridized carbons (Fsp3) is 0.740. The fourth-order valence-electron chi connectivity index (χ4n) is 9.50. The topological polar surface area (TPSA) is 78.9 Å². The number of hydrogen-bond donors (Lipinski definition) is 0. The van der Waals surface area contributed by atoms with Crippen LogP contribution in [0.1, 0.15) is 329 Å². The zero-order valence-electron chi connectivity index (χ0n) is 52.1. The lowest BCUT2D eigenvalue weighted by Crippen LogP contribution is -2.30. The average molecular weight is 1100 g/mol. The van der Waals surface area contributed by atoms with Crippen LogP contribution < -0.4 is 0 Å². The molecule has 0 aliphatic heterocycles. The number of rotatable bonds is 61. The molecule has 6 nitrogen and oxygen atoms in total. The molecule has 0 fully saturated rings. The quantitative estimate of drug-likeness (QED) is 0.0261. The molecule has 0 aromatic heterocycles. The predicted octanol–water partition coefficient (Wildman–Crippen LogP) is 23.2. The average Bonchev–Trinajstić information content (AvgIpc) is 3.45. The lowest BCUT2D eigenvalue weighted by atomic mass is 10.0. The molecule has 6 heteroatoms. The monoisotopic (exact) mass is 1100 g/mol. The van der Waals surface area contributed by atoms with E-state index in [4.69, 9.17) is 14.2 Å². The minimum Gasteiger partial charge on any atom is -0.462 e. The van der Waals surface area contributed by atoms with Crippen LogP contribution in [0.5, 0.6) is 0 Å². The highest BCUT2D eigenvalue weighted by Crippen LogP contribution is 2.16. The Hall–Kier alpha value is -3.67. The van der Waals surface area contributed by atoms with Gasteiger partial charge in [0.2, 0.25) is 0 Å². The SMILES string of the molecule is CC/C=C\C/C=C\C/C=C\C/C=C\CCCCC(=O)OCC(COC(=O)CCCCCCCCCCCCCCCC/C=C\C/C=C\C/C=C\CCCCCCC)OC(=O)CCCCCCCCC/C=C\CCCCCCCC. The summed E-state index contributed by atoms with van der Waals surface area (Å²) in [5.74, 6) is -0.928. The number of esters is 3. The summed E-state index contributed by atoms with van der Waals surface area (Å²) < 4.78 is 16.9. The molecule has 0 radical (unpaired) electrons. The molecular weight excluding hydrogens is 973 g/mol. The Kier molecular flexibility index (Phi) is 63.7. The molecule has 0 aromatic rings. The number of hydrogen-bond acceptors (Lipinski definition) is 6. The van der Waals surface area contributed by atoms with E-state index in [1.54, 1.807) is 0 Å². The molecule has 0 heterocycles. The summed E-state index contributed by atoms with van der Waals surface area (Å²) in [5, 5.41) is 0. The van der Waals surface area contributed by atoms with Crippen molar-refractivity contribution in [1.82, 2.24) is 0 Å². The first-order valence-corrected chi connectivity index (χ1v) is 33.7. The van der Waals surface area contributed by atoms with Gasteiger partial charge >= 0.3 is 17.9 Å². The molecule has 0 saturated heterocycles. The van der Waals surface area contributed by atoms with Crippen molar-refractivity contribution in [3.63, 3.8) is 0 Å². The van der Waals surface area contributed by atoms with Crippen molar-refractivity contribution >= 4 is 17.9 Å². The Labute approximate surface area is 489 Å². The van der Waals surface area contributed by atoms with Crippen molar-refractivity contribution in [2.45, 2.75) is 335 Å². The third-order valence-electron chi connectivity index (χ3n) is 14.5. The maximum Gasteiger partial charge on any atom is 0.306 e. The van der Waals surface area contributed by atoms with Crippen molar-refractivity contribution in [2.24, 2.45) is 0 Å². The number of ether oxygens (including phenoxy) is 3. The molecule has 0 saturated carbocycles. The van der Waals surface area contributed by atoms with Gasteiger partial charge in [0.1, 0.15) is 13.2 Å². The van der Waals surface area contributed by atoms with Gasteiger partial charge in [0, 0.05) is 19.3 Å². The van der Waals surface area contributed by atoms with Crippen LogP contribution in [0.3, 0.4) is 0 Å². The molecule has 0 bridgehead atoms. The van der Waals surface area contributed by atoms with E-state index in [0.29, 0.717) is 19.3 Å². The van der Waals surface area contributed by atoms with Gasteiger partial charge in [-0.05, 0) is 122 Å². The van der Waals surface area contributed by atoms with Gasteiger partial charge in [-0.3, -0.25) is 14.4 Å². The third-order valence-corrected chi connectivity index (χ3v) is 14.5. The van der Waals surface area contributed by atoms with E-state index >= 15 is 0 Å². The summed E-state index contributed by atoms with van der Waals surface area (Å²) in [6.07, 6.45) is 90.0. The van der Waals surface area contributed by atoms with E-state index in [9.17, 15) is 14.4 Å². The molecule has 1 unspecified atom stereocenters. The van der Waals surface area contributed by atoms with Crippen LogP contribution >= 0.6 is 0 Å². The number of carbonyl (C=O) groups is 3. The lowest BCUT2D eigenvalue weighted by molar-refractivity contribution is -0.167. The molecule has 79 heavy (non-hydrogen) atoms. The van der Waals surface area contributed by atoms with Crippen molar-refractivity contribution < 1.29 is 28.6 Å². The van der Waals surface area contributed by atoms with Crippen LogP contribution in [0.2, 0.25) is 0 Å². The fourth-order valence-corrected chi connectivity index (χ4v) is 9.50. The number of unbranched alkanes of at least 4 members (excludes halogenated alkanes) is 34. The lowest BCUT2D eigenvalue weighted by Gasteiger charge is -2.18. The van der Waals surface area contributed by atoms with Crippen molar-refractivity contribution in [2.75, 3.05) is 13.2 Å². The molecule has 0 spiro atoms. The first-order valence-electron chi connectivity index (χ1n) is 33.7. The minimum absolute atomic E-state index is 0.0915. The largest absolute Gasteiger partial charge is 0.462 e. The minimum atomic E-state index is -0.799. The van der Waals surface area contributed by atoms with Crippen LogP contribution in [0, 0.1) is 0 Å². The van der Waals surface area contributed by atoms with Crippen LogP contribution in [-0.2, 0) is 28.6 Å². The van der Waals surface area contributed by atoms with E-state index in [2.05, 4.69) is 118 Å². The Bertz CT molecular complexity index is 1540. The molecule has 0 N–H and O–H groups in total. The van der Waals surface area contributed by atoms with Crippen molar-refractivity contribution in [3.05, 3.63) is 97.2 Å². The van der Waals surface area contributed by atoms with Crippen LogP contribution in [0.25, 0.3) is 0 Å². The summed E-state index contributed by atoms with van der Waals surface area (Å²) in [4.78, 5) is 38.3. The molecule has 0 aliphatic rings. The van der Waals surface area contributed by atoms with Gasteiger partial charge in [0.05, 0.1) is 0 Å². The molecule has 0 aliphatic carbocycles. The van der Waals surface area contributed by atoms with Crippen molar-refractivity contribution in [3.8, 4) is 0 Å². The van der Waals surface area contributed by atoms with Crippen LogP contribution in [-0.4, -0.2) is 37.2 Å². The first kappa shape index (κ1) is 75.3. The van der Waals surface area contributed by atoms with Gasteiger partial charge in [-0.2, -0.15) is 0 Å². The number of allylic oxidation sites excluding steroid dienone is 16. The van der Waals surface area contributed by atoms with E-state index in [-0.39, 0.29) is 31.1 Å². The van der Waals surface area contributed by atoms with Gasteiger partial charge in [-0.1, -0.05) is 285 Å². The number of carbonyl (C=O) groups excluding carboxylic acids is 3. The summed E-state index contributed by atoms with van der Waals surface area (Å²) in [6, 6.07) is 0. The van der Waals surface area contributed by atoms with Gasteiger partial charge in [0.25, 0.3) is 0 Å². The summed E-state index contributed by atoms with van der Waals surface area (Å²) >= 11 is 0. The maximum absolute atomic E-state index is 12.9. The highest BCUT2D eigenvalue weighted by atomic mass is 16.6. The van der Waals surface area contributed by atoms with Gasteiger partial charge < -0.3 is 14.2 Å². The highest BCUT2D eigenvalue weighted by Gasteiger charge is 2.19. The second-order valence-corrected chi connectivity index (χ2v) is 22.3. The third kappa shape index (κ3) is 65.0. The molecule has 1 atom stereocenters.